The molecule has 0 radical (unpaired) electrons. The molecule has 0 saturated heterocycles. The monoisotopic (exact) mass is 285 g/mol. The number of unbranched alkanes of at least 4 members (excludes halogenated alkanes) is 2. The molecule has 0 bridgehead atoms. The lowest BCUT2D eigenvalue weighted by molar-refractivity contribution is 0.0794. The van der Waals surface area contributed by atoms with Crippen LogP contribution in [0.1, 0.15) is 36.5 Å². The summed E-state index contributed by atoms with van der Waals surface area (Å²) in [4.78, 5) is 19.0. The summed E-state index contributed by atoms with van der Waals surface area (Å²) in [5.74, 6) is 0.778. The maximum Gasteiger partial charge on any atom is 0.254 e. The Kier molecular flexibility index (Phi) is 5.14. The summed E-state index contributed by atoms with van der Waals surface area (Å²) >= 11 is 0. The summed E-state index contributed by atoms with van der Waals surface area (Å²) in [6, 6.07) is 9.60. The molecule has 1 amide bonds. The largest absolute Gasteiger partial charge is 0.373 e. The van der Waals surface area contributed by atoms with E-state index in [2.05, 4.69) is 17.2 Å². The van der Waals surface area contributed by atoms with Gasteiger partial charge >= 0.3 is 0 Å². The molecule has 4 nitrogen and oxygen atoms in total. The number of fused-ring (bicyclic) bond motifs is 1. The van der Waals surface area contributed by atoms with Gasteiger partial charge in [-0.25, -0.2) is 4.98 Å². The van der Waals surface area contributed by atoms with Crippen molar-refractivity contribution in [3.05, 3.63) is 35.9 Å². The summed E-state index contributed by atoms with van der Waals surface area (Å²) < 4.78 is 0. The van der Waals surface area contributed by atoms with E-state index in [9.17, 15) is 4.79 Å². The van der Waals surface area contributed by atoms with Crippen molar-refractivity contribution >= 4 is 22.6 Å². The lowest BCUT2D eigenvalue weighted by Crippen LogP contribution is -2.28. The molecule has 4 heteroatoms. The number of hydrogen-bond acceptors (Lipinski definition) is 3. The van der Waals surface area contributed by atoms with Crippen molar-refractivity contribution < 1.29 is 4.79 Å². The molecule has 0 unspecified atom stereocenters. The molecule has 0 spiro atoms. The van der Waals surface area contributed by atoms with Gasteiger partial charge in [0.1, 0.15) is 5.82 Å². The molecule has 1 aromatic carbocycles. The predicted molar refractivity (Wildman–Crippen MR) is 87.8 cm³/mol. The predicted octanol–water partition coefficient (Wildman–Crippen LogP) is 3.54. The first-order valence-corrected chi connectivity index (χ1v) is 7.50. The number of aromatic nitrogens is 1. The second-order valence-electron chi connectivity index (χ2n) is 5.26. The van der Waals surface area contributed by atoms with E-state index in [1.807, 2.05) is 44.4 Å². The van der Waals surface area contributed by atoms with Crippen LogP contribution in [0.4, 0.5) is 5.82 Å². The average molecular weight is 285 g/mol. The lowest BCUT2D eigenvalue weighted by atomic mass is 10.1. The quantitative estimate of drug-likeness (QED) is 0.826. The van der Waals surface area contributed by atoms with Gasteiger partial charge in [-0.05, 0) is 18.6 Å². The van der Waals surface area contributed by atoms with E-state index in [0.29, 0.717) is 5.56 Å². The number of benzene rings is 1. The summed E-state index contributed by atoms with van der Waals surface area (Å²) in [6.07, 6.45) is 3.35. The van der Waals surface area contributed by atoms with Crippen molar-refractivity contribution in [3.8, 4) is 0 Å². The fraction of sp³-hybridized carbons (Fsp3) is 0.412. The first kappa shape index (κ1) is 15.3. The molecule has 0 aliphatic rings. The van der Waals surface area contributed by atoms with Crippen LogP contribution in [0.2, 0.25) is 0 Å². The highest BCUT2D eigenvalue weighted by Crippen LogP contribution is 2.22. The maximum atomic E-state index is 12.7. The molecule has 112 valence electrons. The normalized spacial score (nSPS) is 10.6. The number of hydrogen-bond donors (Lipinski definition) is 1. The second-order valence-corrected chi connectivity index (χ2v) is 5.26. The van der Waals surface area contributed by atoms with E-state index in [4.69, 9.17) is 0 Å². The summed E-state index contributed by atoms with van der Waals surface area (Å²) in [6.45, 7) is 2.95. The first-order chi connectivity index (χ1) is 10.2. The third kappa shape index (κ3) is 3.51. The van der Waals surface area contributed by atoms with E-state index >= 15 is 0 Å². The van der Waals surface area contributed by atoms with E-state index in [1.165, 1.54) is 0 Å². The van der Waals surface area contributed by atoms with Crippen molar-refractivity contribution in [2.45, 2.75) is 26.2 Å². The van der Waals surface area contributed by atoms with Crippen molar-refractivity contribution in [3.63, 3.8) is 0 Å². The van der Waals surface area contributed by atoms with E-state index in [0.717, 1.165) is 42.5 Å². The Bertz CT molecular complexity index is 624. The molecule has 21 heavy (non-hydrogen) atoms. The van der Waals surface area contributed by atoms with Crippen molar-refractivity contribution in [2.24, 2.45) is 0 Å². The minimum atomic E-state index is 0.0567. The molecule has 1 aromatic heterocycles. The highest BCUT2D eigenvalue weighted by molar-refractivity contribution is 6.06. The standard InChI is InChI=1S/C17H23N3O/c1-4-5-8-11-20(3)17(21)14-12-16(18-2)19-15-10-7-6-9-13(14)15/h6-7,9-10,12H,4-5,8,11H2,1-3H3,(H,18,19). The third-order valence-electron chi connectivity index (χ3n) is 3.65. The first-order valence-electron chi connectivity index (χ1n) is 7.50. The van der Waals surface area contributed by atoms with Crippen LogP contribution in [-0.4, -0.2) is 36.4 Å². The third-order valence-corrected chi connectivity index (χ3v) is 3.65. The van der Waals surface area contributed by atoms with Gasteiger partial charge in [-0.3, -0.25) is 4.79 Å². The Morgan fingerprint density at radius 1 is 1.29 bits per heavy atom. The van der Waals surface area contributed by atoms with Crippen LogP contribution in [0.25, 0.3) is 10.9 Å². The summed E-state index contributed by atoms with van der Waals surface area (Å²) in [5, 5.41) is 3.93. The Morgan fingerprint density at radius 3 is 2.76 bits per heavy atom. The van der Waals surface area contributed by atoms with Crippen LogP contribution in [0, 0.1) is 0 Å². The number of para-hydroxylation sites is 1. The number of anilines is 1. The molecule has 0 fully saturated rings. The van der Waals surface area contributed by atoms with Crippen LogP contribution in [0.3, 0.4) is 0 Å². The van der Waals surface area contributed by atoms with Crippen molar-refractivity contribution in [1.82, 2.24) is 9.88 Å². The summed E-state index contributed by atoms with van der Waals surface area (Å²) in [5.41, 5.74) is 1.55. The average Bonchev–Trinajstić information content (AvgIpc) is 2.53. The fourth-order valence-corrected chi connectivity index (χ4v) is 2.39. The SMILES string of the molecule is CCCCCN(C)C(=O)c1cc(NC)nc2ccccc12. The molecule has 0 saturated carbocycles. The molecule has 1 N–H and O–H groups in total. The van der Waals surface area contributed by atoms with Crippen molar-refractivity contribution in [1.29, 1.82) is 0 Å². The number of nitrogens with one attached hydrogen (secondary N) is 1. The number of rotatable bonds is 6. The molecule has 0 atom stereocenters. The zero-order chi connectivity index (χ0) is 15.2. The number of amides is 1. The molecule has 2 rings (SSSR count). The van der Waals surface area contributed by atoms with Gasteiger partial charge in [-0.1, -0.05) is 38.0 Å². The Hall–Kier alpha value is -2.10. The lowest BCUT2D eigenvalue weighted by Gasteiger charge is -2.18. The molecular formula is C17H23N3O. The maximum absolute atomic E-state index is 12.7. The second kappa shape index (κ2) is 7.07. The van der Waals surface area contributed by atoms with Gasteiger partial charge in [-0.15, -0.1) is 0 Å². The van der Waals surface area contributed by atoms with Gasteiger partial charge in [-0.2, -0.15) is 0 Å². The molecule has 1 heterocycles. The zero-order valence-corrected chi connectivity index (χ0v) is 13.0. The van der Waals surface area contributed by atoms with Gasteiger partial charge < -0.3 is 10.2 Å². The molecule has 0 aliphatic carbocycles. The van der Waals surface area contributed by atoms with Crippen LogP contribution < -0.4 is 5.32 Å². The van der Waals surface area contributed by atoms with Crippen LogP contribution >= 0.6 is 0 Å². The Morgan fingerprint density at radius 2 is 2.05 bits per heavy atom. The minimum absolute atomic E-state index is 0.0567. The van der Waals surface area contributed by atoms with Crippen molar-refractivity contribution in [2.75, 3.05) is 26.0 Å². The van der Waals surface area contributed by atoms with Gasteiger partial charge in [0.05, 0.1) is 11.1 Å². The van der Waals surface area contributed by atoms with Gasteiger partial charge in [0.2, 0.25) is 0 Å². The minimum Gasteiger partial charge on any atom is -0.373 e. The number of carbonyl (C=O) groups excluding carboxylic acids is 1. The van der Waals surface area contributed by atoms with Crippen LogP contribution in [0.15, 0.2) is 30.3 Å². The van der Waals surface area contributed by atoms with Gasteiger partial charge in [0.25, 0.3) is 5.91 Å². The van der Waals surface area contributed by atoms with Gasteiger partial charge in [0.15, 0.2) is 0 Å². The molecule has 2 aromatic rings. The summed E-state index contributed by atoms with van der Waals surface area (Å²) in [7, 11) is 3.68. The molecule has 0 aliphatic heterocycles. The topological polar surface area (TPSA) is 45.2 Å². The number of nitrogens with zero attached hydrogens (tertiary/aromatic N) is 2. The zero-order valence-electron chi connectivity index (χ0n) is 13.0. The molecular weight excluding hydrogens is 262 g/mol. The highest BCUT2D eigenvalue weighted by atomic mass is 16.2. The smallest absolute Gasteiger partial charge is 0.254 e. The van der Waals surface area contributed by atoms with E-state index in [-0.39, 0.29) is 5.91 Å². The van der Waals surface area contributed by atoms with Crippen LogP contribution in [-0.2, 0) is 0 Å². The van der Waals surface area contributed by atoms with E-state index in [1.54, 1.807) is 4.90 Å². The van der Waals surface area contributed by atoms with Gasteiger partial charge in [0, 0.05) is 26.0 Å². The van der Waals surface area contributed by atoms with Crippen LogP contribution in [0.5, 0.6) is 0 Å². The highest BCUT2D eigenvalue weighted by Gasteiger charge is 2.16. The fourth-order valence-electron chi connectivity index (χ4n) is 2.39. The number of carbonyl (C=O) groups is 1. The Balaban J connectivity index is 2.33. The Labute approximate surface area is 126 Å². The van der Waals surface area contributed by atoms with E-state index < -0.39 is 0 Å². The number of pyridine rings is 1.